The smallest absolute Gasteiger partial charge is 0.230 e. The van der Waals surface area contributed by atoms with E-state index in [0.29, 0.717) is 22.2 Å². The normalized spacial score (nSPS) is 21.3. The van der Waals surface area contributed by atoms with Crippen LogP contribution in [-0.2, 0) is 6.54 Å². The number of hydrogen-bond donors (Lipinski definition) is 0. The van der Waals surface area contributed by atoms with Crippen molar-refractivity contribution in [3.05, 3.63) is 52.2 Å². The van der Waals surface area contributed by atoms with E-state index in [1.165, 1.54) is 5.56 Å². The van der Waals surface area contributed by atoms with Crippen LogP contribution < -0.4 is 0 Å². The summed E-state index contributed by atoms with van der Waals surface area (Å²) in [4.78, 5) is 7.16. The van der Waals surface area contributed by atoms with Crippen molar-refractivity contribution in [2.75, 3.05) is 13.1 Å². The number of piperidine rings is 1. The number of halogens is 1. The van der Waals surface area contributed by atoms with Gasteiger partial charge in [-0.3, -0.25) is 4.90 Å². The second kappa shape index (κ2) is 6.71. The minimum absolute atomic E-state index is 0.327. The average molecular weight is 399 g/mol. The van der Waals surface area contributed by atoms with Crippen molar-refractivity contribution in [3.63, 3.8) is 0 Å². The summed E-state index contributed by atoms with van der Waals surface area (Å²) < 4.78 is 10.9. The topological polar surface area (TPSA) is 68.2 Å². The Morgan fingerprint density at radius 1 is 1.18 bits per heavy atom. The van der Waals surface area contributed by atoms with Gasteiger partial charge in [-0.25, -0.2) is 0 Å². The molecule has 1 saturated carbocycles. The molecular weight excluding hydrogens is 376 g/mol. The van der Waals surface area contributed by atoms with Crippen LogP contribution in [0, 0.1) is 19.3 Å². The van der Waals surface area contributed by atoms with E-state index in [4.69, 9.17) is 20.6 Å². The van der Waals surface area contributed by atoms with Crippen molar-refractivity contribution >= 4 is 11.6 Å². The molecule has 0 N–H and O–H groups in total. The van der Waals surface area contributed by atoms with Crippen molar-refractivity contribution in [2.24, 2.45) is 5.41 Å². The predicted octanol–water partition coefficient (Wildman–Crippen LogP) is 4.76. The lowest BCUT2D eigenvalue weighted by Gasteiger charge is -2.32. The van der Waals surface area contributed by atoms with Crippen LogP contribution in [0.3, 0.4) is 0 Å². The summed E-state index contributed by atoms with van der Waals surface area (Å²) in [6.45, 7) is 7.08. The van der Waals surface area contributed by atoms with Gasteiger partial charge in [0.1, 0.15) is 5.76 Å². The number of likely N-dealkylation sites (tertiary alicyclic amines) is 1. The fourth-order valence-electron chi connectivity index (χ4n) is 4.48. The van der Waals surface area contributed by atoms with Gasteiger partial charge < -0.3 is 9.05 Å². The van der Waals surface area contributed by atoms with Gasteiger partial charge in [0.05, 0.1) is 5.69 Å². The second-order valence-corrected chi connectivity index (χ2v) is 8.60. The van der Waals surface area contributed by atoms with E-state index in [0.717, 1.165) is 61.8 Å². The van der Waals surface area contributed by atoms with Gasteiger partial charge in [0.25, 0.3) is 0 Å². The van der Waals surface area contributed by atoms with Gasteiger partial charge in [-0.2, -0.15) is 4.98 Å². The zero-order valence-electron chi connectivity index (χ0n) is 16.1. The molecule has 2 aromatic heterocycles. The zero-order chi connectivity index (χ0) is 19.3. The monoisotopic (exact) mass is 398 g/mol. The fourth-order valence-corrected chi connectivity index (χ4v) is 4.67. The summed E-state index contributed by atoms with van der Waals surface area (Å²) in [6.07, 6.45) is 3.47. The van der Waals surface area contributed by atoms with Gasteiger partial charge in [0.15, 0.2) is 0 Å². The fraction of sp³-hybridized carbons (Fsp3) is 0.476. The van der Waals surface area contributed by atoms with E-state index >= 15 is 0 Å². The molecule has 7 heteroatoms. The maximum absolute atomic E-state index is 6.08. The molecule has 0 radical (unpaired) electrons. The molecule has 0 bridgehead atoms. The van der Waals surface area contributed by atoms with E-state index in [1.807, 2.05) is 38.1 Å². The lowest BCUT2D eigenvalue weighted by Crippen LogP contribution is -2.34. The molecule has 2 fully saturated rings. The molecule has 3 heterocycles. The molecule has 2 aliphatic rings. The van der Waals surface area contributed by atoms with Crippen LogP contribution in [0.5, 0.6) is 0 Å². The van der Waals surface area contributed by atoms with E-state index in [9.17, 15) is 0 Å². The second-order valence-electron chi connectivity index (χ2n) is 8.16. The van der Waals surface area contributed by atoms with E-state index in [2.05, 4.69) is 20.2 Å². The van der Waals surface area contributed by atoms with Crippen molar-refractivity contribution in [2.45, 2.75) is 45.6 Å². The van der Waals surface area contributed by atoms with Gasteiger partial charge in [-0.05, 0) is 63.7 Å². The third-order valence-electron chi connectivity index (χ3n) is 6.43. The Kier molecular flexibility index (Phi) is 4.29. The quantitative estimate of drug-likeness (QED) is 0.630. The lowest BCUT2D eigenvalue weighted by molar-refractivity contribution is 0.158. The Balaban J connectivity index is 1.23. The molecule has 3 aromatic rings. The summed E-state index contributed by atoms with van der Waals surface area (Å²) in [5.41, 5.74) is 3.45. The lowest BCUT2D eigenvalue weighted by atomic mass is 9.90. The third-order valence-corrected chi connectivity index (χ3v) is 6.66. The predicted molar refractivity (Wildman–Crippen MR) is 105 cm³/mol. The van der Waals surface area contributed by atoms with E-state index < -0.39 is 0 Å². The first-order valence-corrected chi connectivity index (χ1v) is 10.2. The first kappa shape index (κ1) is 17.9. The van der Waals surface area contributed by atoms with Crippen LogP contribution in [0.15, 0.2) is 33.3 Å². The van der Waals surface area contributed by atoms with Gasteiger partial charge >= 0.3 is 0 Å². The molecule has 1 saturated heterocycles. The molecule has 1 aromatic carbocycles. The molecule has 28 heavy (non-hydrogen) atoms. The molecular formula is C21H23ClN4O2. The van der Waals surface area contributed by atoms with Crippen LogP contribution in [0.2, 0.25) is 5.02 Å². The summed E-state index contributed by atoms with van der Waals surface area (Å²) in [6, 6.07) is 7.57. The molecule has 146 valence electrons. The highest BCUT2D eigenvalue weighted by molar-refractivity contribution is 6.30. The Labute approximate surface area is 168 Å². The number of aryl methyl sites for hydroxylation is 2. The van der Waals surface area contributed by atoms with Crippen LogP contribution in [-0.4, -0.2) is 33.3 Å². The Morgan fingerprint density at radius 2 is 2.00 bits per heavy atom. The Bertz CT molecular complexity index is 984. The first-order chi connectivity index (χ1) is 13.5. The van der Waals surface area contributed by atoms with Gasteiger partial charge in [-0.15, -0.1) is 0 Å². The highest BCUT2D eigenvalue weighted by atomic mass is 35.5. The van der Waals surface area contributed by atoms with Crippen molar-refractivity contribution < 1.29 is 9.05 Å². The van der Waals surface area contributed by atoms with Crippen molar-refractivity contribution in [1.82, 2.24) is 20.2 Å². The minimum Gasteiger partial charge on any atom is -0.361 e. The number of rotatable bonds is 4. The molecule has 1 unspecified atom stereocenters. The number of benzene rings is 1. The summed E-state index contributed by atoms with van der Waals surface area (Å²) in [5.74, 6) is 2.71. The van der Waals surface area contributed by atoms with Crippen LogP contribution in [0.4, 0.5) is 0 Å². The first-order valence-electron chi connectivity index (χ1n) is 9.78. The van der Waals surface area contributed by atoms with Crippen molar-refractivity contribution in [3.8, 4) is 11.4 Å². The maximum atomic E-state index is 6.08. The largest absolute Gasteiger partial charge is 0.361 e. The Morgan fingerprint density at radius 3 is 2.71 bits per heavy atom. The highest BCUT2D eigenvalue weighted by Crippen LogP contribution is 2.64. The Hall–Kier alpha value is -2.18. The SMILES string of the molecule is Cc1noc(C)c1CN1CCC2(CC1)CC2c1nc(-c2cccc(Cl)c2)no1. The third kappa shape index (κ3) is 3.14. The zero-order valence-corrected chi connectivity index (χ0v) is 16.9. The van der Waals surface area contributed by atoms with E-state index in [-0.39, 0.29) is 0 Å². The molecule has 6 nitrogen and oxygen atoms in total. The molecule has 1 aliphatic heterocycles. The molecule has 1 spiro atoms. The van der Waals surface area contributed by atoms with Crippen LogP contribution >= 0.6 is 11.6 Å². The van der Waals surface area contributed by atoms with Crippen LogP contribution in [0.1, 0.15) is 48.1 Å². The number of nitrogens with zero attached hydrogens (tertiary/aromatic N) is 4. The van der Waals surface area contributed by atoms with Crippen LogP contribution in [0.25, 0.3) is 11.4 Å². The molecule has 1 atom stereocenters. The molecule has 1 aliphatic carbocycles. The van der Waals surface area contributed by atoms with Crippen molar-refractivity contribution in [1.29, 1.82) is 0 Å². The van der Waals surface area contributed by atoms with Gasteiger partial charge in [0, 0.05) is 28.6 Å². The molecule has 5 rings (SSSR count). The molecule has 0 amide bonds. The number of aromatic nitrogens is 3. The van der Waals surface area contributed by atoms with E-state index in [1.54, 1.807) is 0 Å². The highest BCUT2D eigenvalue weighted by Gasteiger charge is 2.58. The van der Waals surface area contributed by atoms with Gasteiger partial charge in [0.2, 0.25) is 11.7 Å². The summed E-state index contributed by atoms with van der Waals surface area (Å²) >= 11 is 6.08. The number of hydrogen-bond acceptors (Lipinski definition) is 6. The average Bonchev–Trinajstić information content (AvgIpc) is 3.02. The summed E-state index contributed by atoms with van der Waals surface area (Å²) in [5, 5.41) is 8.93. The standard InChI is InChI=1S/C21H23ClN4O2/c1-13-17(14(2)27-24-13)12-26-8-6-21(7-9-26)11-18(21)20-23-19(25-28-20)15-4-3-5-16(22)10-15/h3-5,10,18H,6-9,11-12H2,1-2H3. The minimum atomic E-state index is 0.327. The maximum Gasteiger partial charge on any atom is 0.230 e. The summed E-state index contributed by atoms with van der Waals surface area (Å²) in [7, 11) is 0. The van der Waals surface area contributed by atoms with Gasteiger partial charge in [-0.1, -0.05) is 34.0 Å².